The van der Waals surface area contributed by atoms with E-state index in [4.69, 9.17) is 4.52 Å². The zero-order chi connectivity index (χ0) is 24.4. The molecule has 33 heavy (non-hydrogen) atoms. The molecule has 0 aromatic heterocycles. The summed E-state index contributed by atoms with van der Waals surface area (Å²) in [6, 6.07) is 0.590. The third kappa shape index (κ3) is 17.0. The van der Waals surface area contributed by atoms with Gasteiger partial charge in [0.1, 0.15) is 12.6 Å². The Kier molecular flexibility index (Phi) is 16.9. The number of quaternary nitrogens is 1. The maximum atomic E-state index is 11.5. The SMILES string of the molecule is CCCCCCCC/C=C\CCCCCCCCC(C[N+](C)(C)C1CCCC1)OP(=O)(O)O. The van der Waals surface area contributed by atoms with Crippen molar-refractivity contribution in [2.45, 2.75) is 141 Å². The van der Waals surface area contributed by atoms with Crippen LogP contribution in [0.1, 0.15) is 129 Å². The molecule has 1 aliphatic carbocycles. The smallest absolute Gasteiger partial charge is 0.324 e. The van der Waals surface area contributed by atoms with Gasteiger partial charge in [-0.05, 0) is 57.8 Å². The quantitative estimate of drug-likeness (QED) is 0.0745. The summed E-state index contributed by atoms with van der Waals surface area (Å²) < 4.78 is 17.5. The molecular formula is C27H55NO4P+. The van der Waals surface area contributed by atoms with Gasteiger partial charge in [-0.2, -0.15) is 0 Å². The first kappa shape index (κ1) is 30.8. The summed E-state index contributed by atoms with van der Waals surface area (Å²) in [6.45, 7) is 2.95. The molecule has 196 valence electrons. The van der Waals surface area contributed by atoms with E-state index < -0.39 is 7.82 Å². The molecule has 0 aromatic rings. The normalized spacial score (nSPS) is 16.8. The fraction of sp³-hybridized carbons (Fsp3) is 0.926. The molecule has 0 spiro atoms. The number of unbranched alkanes of at least 4 members (excludes halogenated alkanes) is 12. The third-order valence-electron chi connectivity index (χ3n) is 7.31. The average Bonchev–Trinajstić information content (AvgIpc) is 3.28. The molecule has 6 heteroatoms. The molecule has 0 radical (unpaired) electrons. The zero-order valence-corrected chi connectivity index (χ0v) is 23.0. The van der Waals surface area contributed by atoms with Crippen LogP contribution in [-0.2, 0) is 9.09 Å². The van der Waals surface area contributed by atoms with Crippen molar-refractivity contribution in [2.24, 2.45) is 0 Å². The Morgan fingerprint density at radius 3 is 1.85 bits per heavy atom. The van der Waals surface area contributed by atoms with Gasteiger partial charge in [-0.3, -0.25) is 4.52 Å². The highest BCUT2D eigenvalue weighted by atomic mass is 31.2. The number of hydrogen-bond donors (Lipinski definition) is 2. The maximum absolute atomic E-state index is 11.5. The second-order valence-electron chi connectivity index (χ2n) is 10.8. The van der Waals surface area contributed by atoms with Gasteiger partial charge in [0.05, 0.1) is 20.1 Å². The maximum Gasteiger partial charge on any atom is 0.470 e. The van der Waals surface area contributed by atoms with Crippen LogP contribution < -0.4 is 0 Å². The number of allylic oxidation sites excluding steroid dienone is 2. The molecule has 5 nitrogen and oxygen atoms in total. The fourth-order valence-electron chi connectivity index (χ4n) is 5.27. The van der Waals surface area contributed by atoms with E-state index in [0.29, 0.717) is 12.6 Å². The van der Waals surface area contributed by atoms with Crippen molar-refractivity contribution in [3.05, 3.63) is 12.2 Å². The van der Waals surface area contributed by atoms with Crippen LogP contribution in [0, 0.1) is 0 Å². The summed E-state index contributed by atoms with van der Waals surface area (Å²) in [7, 11) is -0.0700. The summed E-state index contributed by atoms with van der Waals surface area (Å²) in [5, 5.41) is 0. The first-order valence-corrected chi connectivity index (χ1v) is 15.5. The lowest BCUT2D eigenvalue weighted by Gasteiger charge is -2.38. The Morgan fingerprint density at radius 2 is 1.33 bits per heavy atom. The predicted molar refractivity (Wildman–Crippen MR) is 140 cm³/mol. The van der Waals surface area contributed by atoms with E-state index in [-0.39, 0.29) is 6.10 Å². The zero-order valence-electron chi connectivity index (χ0n) is 22.1. The summed E-state index contributed by atoms with van der Waals surface area (Å²) in [5.41, 5.74) is 0. The molecule has 1 fully saturated rings. The summed E-state index contributed by atoms with van der Waals surface area (Å²) in [4.78, 5) is 18.7. The number of phosphoric ester groups is 1. The largest absolute Gasteiger partial charge is 0.470 e. The van der Waals surface area contributed by atoms with Gasteiger partial charge in [-0.25, -0.2) is 4.57 Å². The van der Waals surface area contributed by atoms with Crippen LogP contribution in [-0.4, -0.2) is 47.1 Å². The second kappa shape index (κ2) is 18.1. The van der Waals surface area contributed by atoms with E-state index in [0.717, 1.165) is 23.7 Å². The van der Waals surface area contributed by atoms with E-state index >= 15 is 0 Å². The van der Waals surface area contributed by atoms with Crippen LogP contribution in [0.15, 0.2) is 12.2 Å². The highest BCUT2D eigenvalue weighted by Gasteiger charge is 2.35. The van der Waals surface area contributed by atoms with E-state index in [9.17, 15) is 14.4 Å². The van der Waals surface area contributed by atoms with Crippen molar-refractivity contribution >= 4 is 7.82 Å². The van der Waals surface area contributed by atoms with Crippen LogP contribution in [0.2, 0.25) is 0 Å². The van der Waals surface area contributed by atoms with Gasteiger partial charge in [0.2, 0.25) is 0 Å². The molecule has 0 aromatic carbocycles. The van der Waals surface area contributed by atoms with Crippen LogP contribution in [0.4, 0.5) is 0 Å². The monoisotopic (exact) mass is 488 g/mol. The Morgan fingerprint density at radius 1 is 0.848 bits per heavy atom. The van der Waals surface area contributed by atoms with Crippen molar-refractivity contribution < 1.29 is 23.4 Å². The molecular weight excluding hydrogens is 433 g/mol. The lowest BCUT2D eigenvalue weighted by atomic mass is 10.0. The summed E-state index contributed by atoms with van der Waals surface area (Å²) in [5.74, 6) is 0. The molecule has 1 rings (SSSR count). The van der Waals surface area contributed by atoms with Crippen molar-refractivity contribution in [1.82, 2.24) is 0 Å². The first-order chi connectivity index (χ1) is 15.7. The molecule has 1 aliphatic rings. The molecule has 0 bridgehead atoms. The summed E-state index contributed by atoms with van der Waals surface area (Å²) >= 11 is 0. The van der Waals surface area contributed by atoms with Crippen molar-refractivity contribution in [3.63, 3.8) is 0 Å². The molecule has 0 heterocycles. The highest BCUT2D eigenvalue weighted by Crippen LogP contribution is 2.39. The number of rotatable bonds is 21. The average molecular weight is 489 g/mol. The van der Waals surface area contributed by atoms with Crippen LogP contribution >= 0.6 is 7.82 Å². The Balaban J connectivity index is 2.09. The Labute approximate surface area is 205 Å². The lowest BCUT2D eigenvalue weighted by Crippen LogP contribution is -2.52. The lowest BCUT2D eigenvalue weighted by molar-refractivity contribution is -0.917. The van der Waals surface area contributed by atoms with Crippen LogP contribution in [0.5, 0.6) is 0 Å². The minimum absolute atomic E-state index is 0.363. The number of likely N-dealkylation sites (N-methyl/N-ethyl adjacent to an activating group) is 1. The van der Waals surface area contributed by atoms with Gasteiger partial charge in [-0.15, -0.1) is 0 Å². The molecule has 1 unspecified atom stereocenters. The van der Waals surface area contributed by atoms with Crippen LogP contribution in [0.25, 0.3) is 0 Å². The van der Waals surface area contributed by atoms with E-state index in [1.165, 1.54) is 103 Å². The van der Waals surface area contributed by atoms with Gasteiger partial charge in [-0.1, -0.05) is 83.3 Å². The Bertz CT molecular complexity index is 540. The van der Waals surface area contributed by atoms with Crippen molar-refractivity contribution in [1.29, 1.82) is 0 Å². The minimum atomic E-state index is -4.45. The van der Waals surface area contributed by atoms with Crippen LogP contribution in [0.3, 0.4) is 0 Å². The number of phosphoric acid groups is 1. The van der Waals surface area contributed by atoms with E-state index in [1.807, 2.05) is 0 Å². The first-order valence-electron chi connectivity index (χ1n) is 14.0. The van der Waals surface area contributed by atoms with Gasteiger partial charge in [0.15, 0.2) is 0 Å². The highest BCUT2D eigenvalue weighted by molar-refractivity contribution is 7.46. The molecule has 2 N–H and O–H groups in total. The minimum Gasteiger partial charge on any atom is -0.324 e. The van der Waals surface area contributed by atoms with Crippen molar-refractivity contribution in [3.8, 4) is 0 Å². The standard InChI is InChI=1S/C27H54NO4P/c1-4-5-6-7-8-9-10-11-12-13-14-15-16-17-18-19-24-27(32-33(29,30)31)25-28(2,3)26-22-20-21-23-26/h11-12,26-27H,4-10,13-25H2,1-3H3,(H-,29,30,31)/p+1/b12-11-. The van der Waals surface area contributed by atoms with Crippen molar-refractivity contribution in [2.75, 3.05) is 20.6 Å². The Hall–Kier alpha value is -0.190. The summed E-state index contributed by atoms with van der Waals surface area (Å²) in [6.07, 6.45) is 27.8. The molecule has 0 saturated heterocycles. The third-order valence-corrected chi connectivity index (χ3v) is 7.88. The molecule has 0 aliphatic heterocycles. The number of hydrogen-bond acceptors (Lipinski definition) is 2. The second-order valence-corrected chi connectivity index (χ2v) is 12.0. The molecule has 0 amide bonds. The van der Waals surface area contributed by atoms with Gasteiger partial charge < -0.3 is 14.3 Å². The van der Waals surface area contributed by atoms with E-state index in [2.05, 4.69) is 33.2 Å². The molecule has 1 saturated carbocycles. The molecule has 1 atom stereocenters. The van der Waals surface area contributed by atoms with Gasteiger partial charge in [0.25, 0.3) is 0 Å². The van der Waals surface area contributed by atoms with Gasteiger partial charge in [0, 0.05) is 0 Å². The van der Waals surface area contributed by atoms with E-state index in [1.54, 1.807) is 0 Å². The predicted octanol–water partition coefficient (Wildman–Crippen LogP) is 7.91. The number of nitrogens with zero attached hydrogens (tertiary/aromatic N) is 1. The van der Waals surface area contributed by atoms with Gasteiger partial charge >= 0.3 is 7.82 Å². The topological polar surface area (TPSA) is 66.8 Å². The fourth-order valence-corrected chi connectivity index (χ4v) is 5.83.